The summed E-state index contributed by atoms with van der Waals surface area (Å²) < 4.78 is 5.65. The van der Waals surface area contributed by atoms with E-state index in [0.717, 1.165) is 17.9 Å². The maximum Gasteiger partial charge on any atom is 0.339 e. The molecule has 1 aromatic carbocycles. The number of aromatic carboxylic acids is 1. The van der Waals surface area contributed by atoms with Crippen LogP contribution in [0.25, 0.3) is 0 Å². The van der Waals surface area contributed by atoms with Crippen molar-refractivity contribution >= 4 is 5.97 Å². The number of hydrogen-bond donors (Lipinski definition) is 1. The topological polar surface area (TPSA) is 46.5 Å². The SMILES string of the molecule is Cc1cccc(C(=O)O)c1OCCC1CCC1. The molecule has 0 atom stereocenters. The van der Waals surface area contributed by atoms with Crippen LogP contribution in [0, 0.1) is 12.8 Å². The van der Waals surface area contributed by atoms with Crippen molar-refractivity contribution in [2.75, 3.05) is 6.61 Å². The molecule has 1 fully saturated rings. The Morgan fingerprint density at radius 3 is 2.82 bits per heavy atom. The molecule has 1 N–H and O–H groups in total. The van der Waals surface area contributed by atoms with E-state index in [0.29, 0.717) is 12.4 Å². The van der Waals surface area contributed by atoms with Crippen molar-refractivity contribution in [3.8, 4) is 5.75 Å². The highest BCUT2D eigenvalue weighted by Gasteiger charge is 2.18. The van der Waals surface area contributed by atoms with Gasteiger partial charge in [0, 0.05) is 0 Å². The normalized spacial score (nSPS) is 15.4. The van der Waals surface area contributed by atoms with Gasteiger partial charge in [-0.05, 0) is 30.9 Å². The summed E-state index contributed by atoms with van der Waals surface area (Å²) >= 11 is 0. The standard InChI is InChI=1S/C14H18O3/c1-10-4-2-7-12(14(15)16)13(10)17-9-8-11-5-3-6-11/h2,4,7,11H,3,5-6,8-9H2,1H3,(H,15,16). The van der Waals surface area contributed by atoms with Gasteiger partial charge < -0.3 is 9.84 Å². The molecule has 1 aliphatic carbocycles. The Kier molecular flexibility index (Phi) is 3.67. The number of benzene rings is 1. The van der Waals surface area contributed by atoms with E-state index in [4.69, 9.17) is 9.84 Å². The van der Waals surface area contributed by atoms with E-state index < -0.39 is 5.97 Å². The fraction of sp³-hybridized carbons (Fsp3) is 0.500. The van der Waals surface area contributed by atoms with Crippen LogP contribution in [0.4, 0.5) is 0 Å². The summed E-state index contributed by atoms with van der Waals surface area (Å²) in [6.07, 6.45) is 4.95. The fourth-order valence-corrected chi connectivity index (χ4v) is 2.12. The van der Waals surface area contributed by atoms with Crippen molar-refractivity contribution in [2.45, 2.75) is 32.6 Å². The Morgan fingerprint density at radius 2 is 2.24 bits per heavy atom. The predicted molar refractivity (Wildman–Crippen MR) is 65.6 cm³/mol. The molecule has 3 nitrogen and oxygen atoms in total. The summed E-state index contributed by atoms with van der Waals surface area (Å²) in [4.78, 5) is 11.1. The molecule has 0 unspecified atom stereocenters. The van der Waals surface area contributed by atoms with Gasteiger partial charge in [-0.15, -0.1) is 0 Å². The van der Waals surface area contributed by atoms with Gasteiger partial charge in [0.2, 0.25) is 0 Å². The second-order valence-corrected chi connectivity index (χ2v) is 4.69. The van der Waals surface area contributed by atoms with Crippen LogP contribution in [-0.4, -0.2) is 17.7 Å². The molecule has 2 rings (SSSR count). The number of ether oxygens (including phenoxy) is 1. The first-order valence-electron chi connectivity index (χ1n) is 6.14. The van der Waals surface area contributed by atoms with Gasteiger partial charge in [0.05, 0.1) is 6.61 Å². The van der Waals surface area contributed by atoms with Gasteiger partial charge >= 0.3 is 5.97 Å². The summed E-state index contributed by atoms with van der Waals surface area (Å²) in [5.41, 5.74) is 1.15. The Hall–Kier alpha value is -1.51. The second-order valence-electron chi connectivity index (χ2n) is 4.69. The van der Waals surface area contributed by atoms with E-state index in [1.54, 1.807) is 12.1 Å². The Labute approximate surface area is 101 Å². The van der Waals surface area contributed by atoms with Gasteiger partial charge in [-0.2, -0.15) is 0 Å². The Balaban J connectivity index is 2.00. The quantitative estimate of drug-likeness (QED) is 0.850. The predicted octanol–water partition coefficient (Wildman–Crippen LogP) is 3.26. The molecule has 1 saturated carbocycles. The molecule has 0 amide bonds. The molecule has 0 bridgehead atoms. The van der Waals surface area contributed by atoms with Crippen molar-refractivity contribution in [1.82, 2.24) is 0 Å². The van der Waals surface area contributed by atoms with E-state index in [2.05, 4.69) is 0 Å². The summed E-state index contributed by atoms with van der Waals surface area (Å²) in [5.74, 6) is 0.388. The van der Waals surface area contributed by atoms with E-state index in [-0.39, 0.29) is 5.56 Å². The Morgan fingerprint density at radius 1 is 1.47 bits per heavy atom. The summed E-state index contributed by atoms with van der Waals surface area (Å²) in [5, 5.41) is 9.08. The van der Waals surface area contributed by atoms with E-state index >= 15 is 0 Å². The van der Waals surface area contributed by atoms with Crippen LogP contribution in [-0.2, 0) is 0 Å². The van der Waals surface area contributed by atoms with Crippen molar-refractivity contribution < 1.29 is 14.6 Å². The third-order valence-corrected chi connectivity index (χ3v) is 3.44. The first-order chi connectivity index (χ1) is 8.18. The van der Waals surface area contributed by atoms with Crippen molar-refractivity contribution in [3.05, 3.63) is 29.3 Å². The molecule has 1 aromatic rings. The van der Waals surface area contributed by atoms with Crippen LogP contribution in [0.3, 0.4) is 0 Å². The molecule has 17 heavy (non-hydrogen) atoms. The van der Waals surface area contributed by atoms with Gasteiger partial charge in [-0.1, -0.05) is 31.4 Å². The van der Waals surface area contributed by atoms with Crippen molar-refractivity contribution in [2.24, 2.45) is 5.92 Å². The molecule has 1 aliphatic rings. The average Bonchev–Trinajstić information content (AvgIpc) is 2.23. The number of rotatable bonds is 5. The van der Waals surface area contributed by atoms with Crippen LogP contribution >= 0.6 is 0 Å². The highest BCUT2D eigenvalue weighted by Crippen LogP contribution is 2.30. The first-order valence-corrected chi connectivity index (χ1v) is 6.14. The van der Waals surface area contributed by atoms with Crippen molar-refractivity contribution in [1.29, 1.82) is 0 Å². The lowest BCUT2D eigenvalue weighted by molar-refractivity contribution is 0.0691. The van der Waals surface area contributed by atoms with E-state index in [9.17, 15) is 4.79 Å². The average molecular weight is 234 g/mol. The van der Waals surface area contributed by atoms with Gasteiger partial charge in [0.1, 0.15) is 11.3 Å². The molecule has 0 spiro atoms. The number of hydrogen-bond acceptors (Lipinski definition) is 2. The Bertz CT molecular complexity index is 408. The van der Waals surface area contributed by atoms with Gasteiger partial charge in [-0.25, -0.2) is 4.79 Å². The zero-order chi connectivity index (χ0) is 12.3. The zero-order valence-electron chi connectivity index (χ0n) is 10.1. The third-order valence-electron chi connectivity index (χ3n) is 3.44. The summed E-state index contributed by atoms with van der Waals surface area (Å²) in [6.45, 7) is 2.50. The van der Waals surface area contributed by atoms with E-state index in [1.165, 1.54) is 19.3 Å². The van der Waals surface area contributed by atoms with E-state index in [1.807, 2.05) is 13.0 Å². The highest BCUT2D eigenvalue weighted by molar-refractivity contribution is 5.91. The maximum atomic E-state index is 11.1. The van der Waals surface area contributed by atoms with Crippen LogP contribution < -0.4 is 4.74 Å². The van der Waals surface area contributed by atoms with Crippen LogP contribution in [0.15, 0.2) is 18.2 Å². The lowest BCUT2D eigenvalue weighted by Gasteiger charge is -2.25. The fourth-order valence-electron chi connectivity index (χ4n) is 2.12. The van der Waals surface area contributed by atoms with Gasteiger partial charge in [-0.3, -0.25) is 0 Å². The highest BCUT2D eigenvalue weighted by atomic mass is 16.5. The third kappa shape index (κ3) is 2.78. The molecule has 92 valence electrons. The molecule has 0 aromatic heterocycles. The monoisotopic (exact) mass is 234 g/mol. The summed E-state index contributed by atoms with van der Waals surface area (Å²) in [7, 11) is 0. The molecule has 3 heteroatoms. The van der Waals surface area contributed by atoms with Gasteiger partial charge in [0.15, 0.2) is 0 Å². The van der Waals surface area contributed by atoms with Crippen LogP contribution in [0.2, 0.25) is 0 Å². The molecular formula is C14H18O3. The maximum absolute atomic E-state index is 11.1. The number of aryl methyl sites for hydroxylation is 1. The smallest absolute Gasteiger partial charge is 0.339 e. The minimum absolute atomic E-state index is 0.263. The van der Waals surface area contributed by atoms with Crippen LogP contribution in [0.1, 0.15) is 41.6 Å². The number of carboxylic acid groups (broad SMARTS) is 1. The van der Waals surface area contributed by atoms with Crippen LogP contribution in [0.5, 0.6) is 5.75 Å². The molecule has 0 radical (unpaired) electrons. The number of carboxylic acids is 1. The molecular weight excluding hydrogens is 216 g/mol. The number of para-hydroxylation sites is 1. The summed E-state index contributed by atoms with van der Waals surface area (Å²) in [6, 6.07) is 5.22. The number of carbonyl (C=O) groups is 1. The van der Waals surface area contributed by atoms with Crippen molar-refractivity contribution in [3.63, 3.8) is 0 Å². The minimum atomic E-state index is -0.924. The molecule has 0 aliphatic heterocycles. The first kappa shape index (κ1) is 12.0. The molecule has 0 saturated heterocycles. The lowest BCUT2D eigenvalue weighted by atomic mass is 9.83. The molecule has 0 heterocycles. The lowest BCUT2D eigenvalue weighted by Crippen LogP contribution is -2.15. The largest absolute Gasteiger partial charge is 0.492 e. The second kappa shape index (κ2) is 5.21. The van der Waals surface area contributed by atoms with Gasteiger partial charge in [0.25, 0.3) is 0 Å². The minimum Gasteiger partial charge on any atom is -0.492 e. The zero-order valence-corrected chi connectivity index (χ0v) is 10.1.